The van der Waals surface area contributed by atoms with E-state index in [9.17, 15) is 0 Å². The summed E-state index contributed by atoms with van der Waals surface area (Å²) in [7, 11) is 0. The molecule has 0 N–H and O–H groups in total. The fraction of sp³-hybridized carbons (Fsp3) is 0.429. The maximum Gasteiger partial charge on any atom is 0.113 e. The normalized spacial score (nSPS) is 23.2. The van der Waals surface area contributed by atoms with E-state index in [4.69, 9.17) is 0 Å². The molecule has 148 valence electrons. The van der Waals surface area contributed by atoms with Crippen LogP contribution in [0.15, 0.2) is 48.5 Å². The molecule has 2 atom stereocenters. The predicted molar refractivity (Wildman–Crippen MR) is 110 cm³/mol. The summed E-state index contributed by atoms with van der Waals surface area (Å²) in [6.07, 6.45) is 5.09. The van der Waals surface area contributed by atoms with E-state index < -0.39 is 0 Å². The summed E-state index contributed by atoms with van der Waals surface area (Å²) in [4.78, 5) is 5.12. The van der Waals surface area contributed by atoms with Crippen LogP contribution in [-0.4, -0.2) is 58.5 Å². The van der Waals surface area contributed by atoms with Crippen LogP contribution in [-0.2, 0) is 13.3 Å². The molecule has 4 aromatic rings. The number of nitrogens with zero attached hydrogens (tertiary/aromatic N) is 8. The zero-order valence-electron chi connectivity index (χ0n) is 16.3. The number of benzene rings is 2. The fourth-order valence-electron chi connectivity index (χ4n) is 5.07. The van der Waals surface area contributed by atoms with Crippen LogP contribution in [0.2, 0.25) is 0 Å². The van der Waals surface area contributed by atoms with Gasteiger partial charge in [0.25, 0.3) is 0 Å². The summed E-state index contributed by atoms with van der Waals surface area (Å²) >= 11 is 0. The number of hydrogen-bond donors (Lipinski definition) is 0. The average molecular weight is 388 g/mol. The van der Waals surface area contributed by atoms with E-state index in [2.05, 4.69) is 54.7 Å². The van der Waals surface area contributed by atoms with Gasteiger partial charge in [0, 0.05) is 12.1 Å². The van der Waals surface area contributed by atoms with Crippen LogP contribution < -0.4 is 0 Å². The van der Waals surface area contributed by atoms with E-state index in [0.717, 1.165) is 42.1 Å². The van der Waals surface area contributed by atoms with Gasteiger partial charge < -0.3 is 0 Å². The first-order valence-corrected chi connectivity index (χ1v) is 10.4. The standard InChI is InChI=1S/C21H24N8/c1-3-9-18-16(7-1)22-24-28(18)14-26-13-27(21-12-6-5-11-20(21)26)15-29-19-10-4-2-8-17(19)23-25-29/h1-4,7-10,20-21H,5-6,11-15H2/t20-,21-/m0/s1. The first-order valence-electron chi connectivity index (χ1n) is 10.4. The quantitative estimate of drug-likeness (QED) is 0.535. The van der Waals surface area contributed by atoms with Crippen LogP contribution >= 0.6 is 0 Å². The van der Waals surface area contributed by atoms with E-state index in [1.165, 1.54) is 25.7 Å². The molecule has 0 amide bonds. The van der Waals surface area contributed by atoms with Crippen molar-refractivity contribution in [3.63, 3.8) is 0 Å². The van der Waals surface area contributed by atoms with Crippen molar-refractivity contribution in [2.24, 2.45) is 0 Å². The van der Waals surface area contributed by atoms with Gasteiger partial charge in [-0.25, -0.2) is 9.36 Å². The van der Waals surface area contributed by atoms with Gasteiger partial charge in [-0.2, -0.15) is 0 Å². The molecular formula is C21H24N8. The molecule has 2 aromatic heterocycles. The van der Waals surface area contributed by atoms with Crippen molar-refractivity contribution >= 4 is 22.1 Å². The Morgan fingerprint density at radius 2 is 1.17 bits per heavy atom. The number of fused-ring (bicyclic) bond motifs is 3. The smallest absolute Gasteiger partial charge is 0.113 e. The van der Waals surface area contributed by atoms with Gasteiger partial charge in [0.05, 0.1) is 31.0 Å². The lowest BCUT2D eigenvalue weighted by molar-refractivity contribution is 0.150. The molecule has 2 aromatic carbocycles. The molecule has 0 unspecified atom stereocenters. The van der Waals surface area contributed by atoms with Crippen LogP contribution in [0, 0.1) is 0 Å². The molecule has 2 aliphatic rings. The number of para-hydroxylation sites is 2. The van der Waals surface area contributed by atoms with Gasteiger partial charge in [0.2, 0.25) is 0 Å². The van der Waals surface area contributed by atoms with Gasteiger partial charge in [-0.1, -0.05) is 47.5 Å². The first-order chi connectivity index (χ1) is 14.4. The molecule has 0 bridgehead atoms. The van der Waals surface area contributed by atoms with E-state index in [1.807, 2.05) is 33.6 Å². The van der Waals surface area contributed by atoms with Crippen molar-refractivity contribution < 1.29 is 0 Å². The molecule has 0 spiro atoms. The molecular weight excluding hydrogens is 364 g/mol. The Kier molecular flexibility index (Phi) is 4.05. The first kappa shape index (κ1) is 17.1. The van der Waals surface area contributed by atoms with Gasteiger partial charge in [-0.15, -0.1) is 10.2 Å². The Morgan fingerprint density at radius 3 is 1.69 bits per heavy atom. The van der Waals surface area contributed by atoms with Gasteiger partial charge in [-0.3, -0.25) is 9.80 Å². The number of rotatable bonds is 4. The number of hydrogen-bond acceptors (Lipinski definition) is 6. The Balaban J connectivity index is 1.27. The third-order valence-corrected chi connectivity index (χ3v) is 6.47. The molecule has 8 nitrogen and oxygen atoms in total. The molecule has 2 fully saturated rings. The largest absolute Gasteiger partial charge is 0.267 e. The summed E-state index contributed by atoms with van der Waals surface area (Å²) < 4.78 is 4.07. The predicted octanol–water partition coefficient (Wildman–Crippen LogP) is 2.68. The molecule has 0 radical (unpaired) electrons. The van der Waals surface area contributed by atoms with Crippen molar-refractivity contribution in [2.45, 2.75) is 51.1 Å². The average Bonchev–Trinajstić information content (AvgIpc) is 3.46. The second kappa shape index (κ2) is 6.89. The zero-order valence-corrected chi connectivity index (χ0v) is 16.3. The maximum absolute atomic E-state index is 4.42. The molecule has 6 rings (SSSR count). The molecule has 8 heteroatoms. The van der Waals surface area contributed by atoms with Crippen LogP contribution in [0.4, 0.5) is 0 Å². The Labute approximate surface area is 168 Å². The lowest BCUT2D eigenvalue weighted by Crippen LogP contribution is -2.40. The lowest BCUT2D eigenvalue weighted by Gasteiger charge is -2.32. The third kappa shape index (κ3) is 2.90. The molecule has 1 saturated carbocycles. The fourth-order valence-corrected chi connectivity index (χ4v) is 5.07. The highest BCUT2D eigenvalue weighted by Gasteiger charge is 2.41. The SMILES string of the molecule is c1ccc2c(c1)nnn2CN1CN(Cn2nnc3ccccc32)[C@H]2CCCC[C@@H]21. The van der Waals surface area contributed by atoms with Crippen molar-refractivity contribution in [2.75, 3.05) is 6.67 Å². The molecule has 1 saturated heterocycles. The summed E-state index contributed by atoms with van der Waals surface area (Å²) in [5.74, 6) is 0. The summed E-state index contributed by atoms with van der Waals surface area (Å²) in [5.41, 5.74) is 4.11. The summed E-state index contributed by atoms with van der Waals surface area (Å²) in [6, 6.07) is 17.5. The molecule has 1 aliphatic heterocycles. The van der Waals surface area contributed by atoms with Crippen LogP contribution in [0.25, 0.3) is 22.1 Å². The Morgan fingerprint density at radius 1 is 0.690 bits per heavy atom. The van der Waals surface area contributed by atoms with Crippen molar-refractivity contribution in [3.8, 4) is 0 Å². The van der Waals surface area contributed by atoms with Gasteiger partial charge >= 0.3 is 0 Å². The highest BCUT2D eigenvalue weighted by molar-refractivity contribution is 5.74. The summed E-state index contributed by atoms with van der Waals surface area (Å²) in [6.45, 7) is 2.46. The second-order valence-electron chi connectivity index (χ2n) is 8.18. The van der Waals surface area contributed by atoms with Crippen LogP contribution in [0.1, 0.15) is 25.7 Å². The van der Waals surface area contributed by atoms with Crippen LogP contribution in [0.5, 0.6) is 0 Å². The Hall–Kier alpha value is -2.84. The van der Waals surface area contributed by atoms with Crippen molar-refractivity contribution in [1.82, 2.24) is 39.8 Å². The highest BCUT2D eigenvalue weighted by Crippen LogP contribution is 2.34. The highest BCUT2D eigenvalue weighted by atomic mass is 15.6. The van der Waals surface area contributed by atoms with E-state index in [1.54, 1.807) is 0 Å². The van der Waals surface area contributed by atoms with Gasteiger partial charge in [0.15, 0.2) is 0 Å². The molecule has 29 heavy (non-hydrogen) atoms. The van der Waals surface area contributed by atoms with Crippen LogP contribution in [0.3, 0.4) is 0 Å². The zero-order chi connectivity index (χ0) is 19.2. The van der Waals surface area contributed by atoms with Crippen molar-refractivity contribution in [1.29, 1.82) is 0 Å². The minimum Gasteiger partial charge on any atom is -0.267 e. The maximum atomic E-state index is 4.42. The minimum atomic E-state index is 0.557. The molecule has 1 aliphatic carbocycles. The third-order valence-electron chi connectivity index (χ3n) is 6.47. The monoisotopic (exact) mass is 388 g/mol. The van der Waals surface area contributed by atoms with E-state index >= 15 is 0 Å². The topological polar surface area (TPSA) is 67.9 Å². The van der Waals surface area contributed by atoms with E-state index in [-0.39, 0.29) is 0 Å². The Bertz CT molecular complexity index is 1060. The van der Waals surface area contributed by atoms with Crippen molar-refractivity contribution in [3.05, 3.63) is 48.5 Å². The lowest BCUT2D eigenvalue weighted by atomic mass is 9.90. The van der Waals surface area contributed by atoms with E-state index in [0.29, 0.717) is 12.1 Å². The van der Waals surface area contributed by atoms with Gasteiger partial charge in [0.1, 0.15) is 11.0 Å². The minimum absolute atomic E-state index is 0.557. The second-order valence-corrected chi connectivity index (χ2v) is 8.18. The van der Waals surface area contributed by atoms with Gasteiger partial charge in [-0.05, 0) is 37.1 Å². The number of aromatic nitrogens is 6. The molecule has 3 heterocycles. The summed E-state index contributed by atoms with van der Waals surface area (Å²) in [5, 5.41) is 17.5.